The Balaban J connectivity index is 2.03. The Morgan fingerprint density at radius 3 is 2.60 bits per heavy atom. The molecule has 1 aliphatic rings. The molecule has 20 heavy (non-hydrogen) atoms. The van der Waals surface area contributed by atoms with E-state index in [2.05, 4.69) is 6.07 Å². The van der Waals surface area contributed by atoms with Crippen molar-refractivity contribution in [3.8, 4) is 11.1 Å². The van der Waals surface area contributed by atoms with Crippen LogP contribution in [-0.4, -0.2) is 11.1 Å². The molecule has 0 aliphatic heterocycles. The van der Waals surface area contributed by atoms with Crippen LogP contribution in [0.2, 0.25) is 0 Å². The van der Waals surface area contributed by atoms with Gasteiger partial charge in [0.15, 0.2) is 0 Å². The van der Waals surface area contributed by atoms with Gasteiger partial charge in [0.1, 0.15) is 5.82 Å². The lowest BCUT2D eigenvalue weighted by Gasteiger charge is -2.26. The van der Waals surface area contributed by atoms with Crippen LogP contribution in [0.25, 0.3) is 11.1 Å². The molecule has 0 unspecified atom stereocenters. The largest absolute Gasteiger partial charge is 0.478 e. The minimum absolute atomic E-state index is 0.107. The van der Waals surface area contributed by atoms with Gasteiger partial charge in [0.05, 0.1) is 5.56 Å². The Morgan fingerprint density at radius 1 is 1.15 bits per heavy atom. The Labute approximate surface area is 116 Å². The molecule has 0 aromatic heterocycles. The maximum Gasteiger partial charge on any atom is 0.335 e. The molecule has 0 radical (unpaired) electrons. The van der Waals surface area contributed by atoms with Crippen molar-refractivity contribution in [2.24, 2.45) is 0 Å². The average molecular weight is 270 g/mol. The van der Waals surface area contributed by atoms with Gasteiger partial charge in [0.25, 0.3) is 0 Å². The van der Waals surface area contributed by atoms with Gasteiger partial charge in [-0.05, 0) is 48.1 Å². The molecule has 0 saturated heterocycles. The average Bonchev–Trinajstić information content (AvgIpc) is 2.37. The summed E-state index contributed by atoms with van der Waals surface area (Å²) in [6.45, 7) is 0. The Kier molecular flexibility index (Phi) is 3.26. The highest BCUT2D eigenvalue weighted by molar-refractivity contribution is 5.89. The number of carboxylic acids is 1. The van der Waals surface area contributed by atoms with Gasteiger partial charge in [-0.1, -0.05) is 30.7 Å². The molecule has 2 aromatic rings. The molecule has 1 N–H and O–H groups in total. The highest BCUT2D eigenvalue weighted by Gasteiger charge is 2.20. The SMILES string of the molecule is O=C(O)c1ccc(F)c(-c2cccc(C3CCC3)c2)c1. The zero-order valence-electron chi connectivity index (χ0n) is 11.0. The summed E-state index contributed by atoms with van der Waals surface area (Å²) in [6, 6.07) is 11.7. The summed E-state index contributed by atoms with van der Waals surface area (Å²) in [5.41, 5.74) is 2.42. The van der Waals surface area contributed by atoms with Crippen LogP contribution in [-0.2, 0) is 0 Å². The van der Waals surface area contributed by atoms with Crippen LogP contribution in [0.1, 0.15) is 41.1 Å². The maximum atomic E-state index is 14.0. The lowest BCUT2D eigenvalue weighted by molar-refractivity contribution is 0.0697. The minimum Gasteiger partial charge on any atom is -0.478 e. The number of rotatable bonds is 3. The molecule has 102 valence electrons. The van der Waals surface area contributed by atoms with Gasteiger partial charge in [0.2, 0.25) is 0 Å². The summed E-state index contributed by atoms with van der Waals surface area (Å²) in [7, 11) is 0. The third-order valence-corrected chi connectivity index (χ3v) is 3.99. The lowest BCUT2D eigenvalue weighted by Crippen LogP contribution is -2.08. The highest BCUT2D eigenvalue weighted by atomic mass is 19.1. The fourth-order valence-electron chi connectivity index (χ4n) is 2.58. The molecule has 2 aromatic carbocycles. The topological polar surface area (TPSA) is 37.3 Å². The number of aromatic carboxylic acids is 1. The molecule has 0 heterocycles. The van der Waals surface area contributed by atoms with E-state index in [0.29, 0.717) is 11.5 Å². The number of halogens is 1. The molecule has 0 bridgehead atoms. The van der Waals surface area contributed by atoms with Crippen molar-refractivity contribution in [2.45, 2.75) is 25.2 Å². The molecule has 1 aliphatic carbocycles. The second-order valence-corrected chi connectivity index (χ2v) is 5.25. The second kappa shape index (κ2) is 5.08. The van der Waals surface area contributed by atoms with Crippen LogP contribution < -0.4 is 0 Å². The predicted molar refractivity (Wildman–Crippen MR) is 75.4 cm³/mol. The van der Waals surface area contributed by atoms with Crippen molar-refractivity contribution in [1.82, 2.24) is 0 Å². The Bertz CT molecular complexity index is 660. The van der Waals surface area contributed by atoms with Crippen LogP contribution in [0, 0.1) is 5.82 Å². The molecule has 3 rings (SSSR count). The Morgan fingerprint density at radius 2 is 1.95 bits per heavy atom. The van der Waals surface area contributed by atoms with Crippen molar-refractivity contribution in [2.75, 3.05) is 0 Å². The van der Waals surface area contributed by atoms with Crippen molar-refractivity contribution in [3.63, 3.8) is 0 Å². The first kappa shape index (κ1) is 12.9. The first-order chi connectivity index (χ1) is 9.65. The molecule has 0 amide bonds. The summed E-state index contributed by atoms with van der Waals surface area (Å²) < 4.78 is 14.0. The van der Waals surface area contributed by atoms with E-state index in [-0.39, 0.29) is 11.4 Å². The number of hydrogen-bond donors (Lipinski definition) is 1. The third-order valence-electron chi connectivity index (χ3n) is 3.99. The van der Waals surface area contributed by atoms with Gasteiger partial charge >= 0.3 is 5.97 Å². The third kappa shape index (κ3) is 2.31. The van der Waals surface area contributed by atoms with Gasteiger partial charge in [-0.2, -0.15) is 0 Å². The van der Waals surface area contributed by atoms with E-state index in [1.165, 1.54) is 43.0 Å². The normalized spacial score (nSPS) is 14.8. The van der Waals surface area contributed by atoms with E-state index in [9.17, 15) is 9.18 Å². The fourth-order valence-corrected chi connectivity index (χ4v) is 2.58. The van der Waals surface area contributed by atoms with E-state index in [1.807, 2.05) is 18.2 Å². The van der Waals surface area contributed by atoms with Crippen LogP contribution in [0.3, 0.4) is 0 Å². The van der Waals surface area contributed by atoms with E-state index < -0.39 is 5.97 Å². The molecule has 1 fully saturated rings. The summed E-state index contributed by atoms with van der Waals surface area (Å²) in [5, 5.41) is 9.01. The lowest BCUT2D eigenvalue weighted by atomic mass is 9.79. The van der Waals surface area contributed by atoms with Crippen LogP contribution in [0.4, 0.5) is 4.39 Å². The zero-order valence-corrected chi connectivity index (χ0v) is 11.0. The summed E-state index contributed by atoms with van der Waals surface area (Å²) in [5.74, 6) is -0.858. The number of carboxylic acid groups (broad SMARTS) is 1. The van der Waals surface area contributed by atoms with E-state index in [4.69, 9.17) is 5.11 Å². The van der Waals surface area contributed by atoms with Crippen LogP contribution >= 0.6 is 0 Å². The highest BCUT2D eigenvalue weighted by Crippen LogP contribution is 2.38. The van der Waals surface area contributed by atoms with Crippen molar-refractivity contribution >= 4 is 5.97 Å². The molecule has 1 saturated carbocycles. The summed E-state index contributed by atoms with van der Waals surface area (Å²) in [4.78, 5) is 11.0. The summed E-state index contributed by atoms with van der Waals surface area (Å²) >= 11 is 0. The van der Waals surface area contributed by atoms with Crippen molar-refractivity contribution in [1.29, 1.82) is 0 Å². The predicted octanol–water partition coefficient (Wildman–Crippen LogP) is 4.46. The molecular formula is C17H15FO2. The fraction of sp³-hybridized carbons (Fsp3) is 0.235. The van der Waals surface area contributed by atoms with Gasteiger partial charge in [0, 0.05) is 5.56 Å². The van der Waals surface area contributed by atoms with Crippen LogP contribution in [0.5, 0.6) is 0 Å². The van der Waals surface area contributed by atoms with Crippen molar-refractivity contribution in [3.05, 3.63) is 59.4 Å². The first-order valence-electron chi connectivity index (χ1n) is 6.78. The van der Waals surface area contributed by atoms with E-state index in [0.717, 1.165) is 5.56 Å². The standard InChI is InChI=1S/C17H15FO2/c18-16-8-7-14(17(19)20)10-15(16)13-6-2-5-12(9-13)11-3-1-4-11/h2,5-11H,1,3-4H2,(H,19,20). The molecular weight excluding hydrogens is 255 g/mol. The Hall–Kier alpha value is -2.16. The zero-order chi connectivity index (χ0) is 14.1. The molecule has 3 heteroatoms. The maximum absolute atomic E-state index is 14.0. The number of hydrogen-bond acceptors (Lipinski definition) is 1. The van der Waals surface area contributed by atoms with Crippen molar-refractivity contribution < 1.29 is 14.3 Å². The van der Waals surface area contributed by atoms with Gasteiger partial charge in [-0.15, -0.1) is 0 Å². The molecule has 2 nitrogen and oxygen atoms in total. The quantitative estimate of drug-likeness (QED) is 0.894. The van der Waals surface area contributed by atoms with Gasteiger partial charge in [-0.25, -0.2) is 9.18 Å². The first-order valence-corrected chi connectivity index (χ1v) is 6.78. The van der Waals surface area contributed by atoms with E-state index in [1.54, 1.807) is 0 Å². The van der Waals surface area contributed by atoms with Gasteiger partial charge in [-0.3, -0.25) is 0 Å². The smallest absolute Gasteiger partial charge is 0.335 e. The monoisotopic (exact) mass is 270 g/mol. The van der Waals surface area contributed by atoms with E-state index >= 15 is 0 Å². The minimum atomic E-state index is -1.04. The van der Waals surface area contributed by atoms with Crippen LogP contribution in [0.15, 0.2) is 42.5 Å². The second-order valence-electron chi connectivity index (χ2n) is 5.25. The number of benzene rings is 2. The van der Waals surface area contributed by atoms with Gasteiger partial charge < -0.3 is 5.11 Å². The molecule has 0 spiro atoms. The molecule has 0 atom stereocenters. The number of carbonyl (C=O) groups is 1. The summed E-state index contributed by atoms with van der Waals surface area (Å²) in [6.07, 6.45) is 3.61.